The van der Waals surface area contributed by atoms with E-state index < -0.39 is 0 Å². The van der Waals surface area contributed by atoms with Crippen molar-refractivity contribution >= 4 is 43.1 Å². The number of hydrogen-bond donors (Lipinski definition) is 0. The summed E-state index contributed by atoms with van der Waals surface area (Å²) in [4.78, 5) is 4.72. The van der Waals surface area contributed by atoms with E-state index in [-0.39, 0.29) is 0 Å². The minimum absolute atomic E-state index is 0.678. The first kappa shape index (κ1) is 31.6. The molecule has 0 amide bonds. The molecule has 8 aromatic carbocycles. The lowest BCUT2D eigenvalue weighted by atomic mass is 9.84. The van der Waals surface area contributed by atoms with E-state index in [2.05, 4.69) is 123 Å². The third kappa shape index (κ3) is 4.49. The first-order valence-electron chi connectivity index (χ1n) is 18.3. The summed E-state index contributed by atoms with van der Waals surface area (Å²) in [5.74, 6) is 0. The van der Waals surface area contributed by atoms with Crippen LogP contribution in [0, 0.1) is 50.4 Å². The predicted octanol–water partition coefficient (Wildman–Crippen LogP) is 13.3. The van der Waals surface area contributed by atoms with Crippen molar-refractivity contribution in [1.82, 2.24) is 4.98 Å². The molecule has 0 spiro atoms. The van der Waals surface area contributed by atoms with Crippen LogP contribution in [0.4, 0.5) is 0 Å². The summed E-state index contributed by atoms with van der Waals surface area (Å²) in [5, 5.41) is 29.3. The Morgan fingerprint density at radius 2 is 1.02 bits per heavy atom. The van der Waals surface area contributed by atoms with Gasteiger partial charge in [-0.2, -0.15) is 10.5 Å². The molecule has 252 valence electrons. The smallest absolute Gasteiger partial charge is 0.0997 e. The van der Waals surface area contributed by atoms with Gasteiger partial charge in [0.05, 0.1) is 29.0 Å². The van der Waals surface area contributed by atoms with E-state index in [0.717, 1.165) is 50.2 Å². The van der Waals surface area contributed by atoms with Crippen molar-refractivity contribution in [2.45, 2.75) is 27.7 Å². The highest BCUT2D eigenvalue weighted by molar-refractivity contribution is 6.27. The van der Waals surface area contributed by atoms with Crippen LogP contribution in [0.1, 0.15) is 33.4 Å². The third-order valence-corrected chi connectivity index (χ3v) is 11.6. The van der Waals surface area contributed by atoms with Crippen molar-refractivity contribution < 1.29 is 0 Å². The molecule has 1 aliphatic rings. The Morgan fingerprint density at radius 3 is 1.72 bits per heavy atom. The van der Waals surface area contributed by atoms with Gasteiger partial charge in [-0.25, -0.2) is 0 Å². The Hall–Kier alpha value is -7.07. The van der Waals surface area contributed by atoms with Gasteiger partial charge in [-0.05, 0) is 186 Å². The number of nitrogens with zero attached hydrogens (tertiary/aromatic N) is 3. The fourth-order valence-corrected chi connectivity index (χ4v) is 9.28. The maximum atomic E-state index is 9.97. The zero-order chi connectivity index (χ0) is 36.8. The molecule has 9 aromatic rings. The molecule has 0 saturated carbocycles. The van der Waals surface area contributed by atoms with E-state index in [0.29, 0.717) is 5.56 Å². The van der Waals surface area contributed by atoms with Crippen LogP contribution in [0.15, 0.2) is 128 Å². The molecule has 0 saturated heterocycles. The molecule has 1 aromatic heterocycles. The van der Waals surface area contributed by atoms with Gasteiger partial charge in [-0.1, -0.05) is 72.8 Å². The van der Waals surface area contributed by atoms with Crippen LogP contribution in [0.2, 0.25) is 0 Å². The zero-order valence-corrected chi connectivity index (χ0v) is 30.5. The first-order chi connectivity index (χ1) is 26.3. The highest BCUT2D eigenvalue weighted by atomic mass is 14.7. The minimum Gasteiger partial charge on any atom is -0.256 e. The molecular weight excluding hydrogens is 655 g/mol. The van der Waals surface area contributed by atoms with Crippen LogP contribution in [-0.4, -0.2) is 4.98 Å². The summed E-state index contributed by atoms with van der Waals surface area (Å²) in [7, 11) is 0. The number of nitriles is 2. The van der Waals surface area contributed by atoms with Gasteiger partial charge < -0.3 is 0 Å². The van der Waals surface area contributed by atoms with Crippen LogP contribution in [0.3, 0.4) is 0 Å². The average Bonchev–Trinajstić information content (AvgIpc) is 3.50. The summed E-state index contributed by atoms with van der Waals surface area (Å²) >= 11 is 0. The molecular formula is C51H33N3. The number of aryl methyl sites for hydroxylation is 4. The second-order valence-corrected chi connectivity index (χ2v) is 14.7. The Kier molecular flexibility index (Phi) is 6.87. The number of pyridine rings is 1. The predicted molar refractivity (Wildman–Crippen MR) is 223 cm³/mol. The van der Waals surface area contributed by atoms with Gasteiger partial charge in [0, 0.05) is 11.8 Å². The lowest BCUT2D eigenvalue weighted by molar-refractivity contribution is 1.32. The Morgan fingerprint density at radius 1 is 0.426 bits per heavy atom. The Bertz CT molecular complexity index is 3160. The van der Waals surface area contributed by atoms with Crippen molar-refractivity contribution in [2.75, 3.05) is 0 Å². The van der Waals surface area contributed by atoms with E-state index in [1.54, 1.807) is 0 Å². The van der Waals surface area contributed by atoms with Gasteiger partial charge in [-0.3, -0.25) is 4.98 Å². The van der Waals surface area contributed by atoms with Gasteiger partial charge in [-0.15, -0.1) is 0 Å². The summed E-state index contributed by atoms with van der Waals surface area (Å²) in [5.41, 5.74) is 17.2. The summed E-state index contributed by atoms with van der Waals surface area (Å²) in [6, 6.07) is 48.6. The van der Waals surface area contributed by atoms with Crippen molar-refractivity contribution in [1.29, 1.82) is 10.5 Å². The number of aromatic nitrogens is 1. The summed E-state index contributed by atoms with van der Waals surface area (Å²) in [6.07, 6.45) is 1.86. The fourth-order valence-electron chi connectivity index (χ4n) is 9.28. The van der Waals surface area contributed by atoms with Gasteiger partial charge in [0.15, 0.2) is 0 Å². The standard InChI is InChI=1S/C51H33N3/c1-28-20-33(21-29(2)48(28)27-53)40-22-41-34-10-5-6-11-35(34)47(50-30(3)18-32(26-52)19-31(50)4)25-46(41)45-24-43-39-16-15-36(49-14-7-8-17-54-49)37-12-9-13-38(51(37)39)42(43)23-44(40)45/h5-25H,1-4H3. The maximum absolute atomic E-state index is 9.97. The van der Waals surface area contributed by atoms with Crippen molar-refractivity contribution in [3.63, 3.8) is 0 Å². The monoisotopic (exact) mass is 687 g/mol. The van der Waals surface area contributed by atoms with Crippen LogP contribution < -0.4 is 0 Å². The molecule has 1 heterocycles. The molecule has 0 N–H and O–H groups in total. The maximum Gasteiger partial charge on any atom is 0.0997 e. The number of benzene rings is 8. The quantitative estimate of drug-likeness (QED) is 0.174. The fraction of sp³-hybridized carbons (Fsp3) is 0.0784. The lowest BCUT2D eigenvalue weighted by Crippen LogP contribution is -1.95. The molecule has 0 aliphatic heterocycles. The van der Waals surface area contributed by atoms with E-state index in [9.17, 15) is 10.5 Å². The van der Waals surface area contributed by atoms with Crippen LogP contribution in [-0.2, 0) is 0 Å². The summed E-state index contributed by atoms with van der Waals surface area (Å²) in [6.45, 7) is 8.30. The Balaban J connectivity index is 1.35. The number of hydrogen-bond acceptors (Lipinski definition) is 3. The summed E-state index contributed by atoms with van der Waals surface area (Å²) < 4.78 is 0. The molecule has 10 rings (SSSR count). The molecule has 1 aliphatic carbocycles. The molecule has 3 nitrogen and oxygen atoms in total. The van der Waals surface area contributed by atoms with Gasteiger partial charge >= 0.3 is 0 Å². The molecule has 0 radical (unpaired) electrons. The van der Waals surface area contributed by atoms with Crippen LogP contribution >= 0.6 is 0 Å². The molecule has 54 heavy (non-hydrogen) atoms. The van der Waals surface area contributed by atoms with E-state index in [1.807, 2.05) is 44.3 Å². The highest BCUT2D eigenvalue weighted by Crippen LogP contribution is 2.53. The normalized spacial score (nSPS) is 11.7. The van der Waals surface area contributed by atoms with Crippen LogP contribution in [0.5, 0.6) is 0 Å². The third-order valence-electron chi connectivity index (χ3n) is 11.6. The molecule has 0 bridgehead atoms. The van der Waals surface area contributed by atoms with E-state index >= 15 is 0 Å². The zero-order valence-electron chi connectivity index (χ0n) is 30.5. The SMILES string of the molecule is Cc1cc(-c2cc3c4ccccc4c(-c4c(C)cc(C#N)cc4C)cc3c3cc4c(cc23)-c2cccc3c(-c5ccccn5)ccc-4c23)cc(C)c1C#N. The molecule has 3 heteroatoms. The van der Waals surface area contributed by atoms with Crippen molar-refractivity contribution in [3.05, 3.63) is 161 Å². The Labute approximate surface area is 314 Å². The molecule has 0 unspecified atom stereocenters. The van der Waals surface area contributed by atoms with Gasteiger partial charge in [0.2, 0.25) is 0 Å². The van der Waals surface area contributed by atoms with Crippen molar-refractivity contribution in [3.8, 4) is 67.9 Å². The van der Waals surface area contributed by atoms with Crippen molar-refractivity contribution in [2.24, 2.45) is 0 Å². The topological polar surface area (TPSA) is 60.5 Å². The van der Waals surface area contributed by atoms with Gasteiger partial charge in [0.1, 0.15) is 0 Å². The van der Waals surface area contributed by atoms with Gasteiger partial charge in [0.25, 0.3) is 0 Å². The molecule has 0 atom stereocenters. The lowest BCUT2D eigenvalue weighted by Gasteiger charge is -2.19. The van der Waals surface area contributed by atoms with E-state index in [1.165, 1.54) is 76.5 Å². The van der Waals surface area contributed by atoms with Crippen LogP contribution in [0.25, 0.3) is 98.9 Å². The first-order valence-corrected chi connectivity index (χ1v) is 18.3. The number of fused-ring (bicyclic) bond motifs is 8. The second-order valence-electron chi connectivity index (χ2n) is 14.7. The largest absolute Gasteiger partial charge is 0.256 e. The number of rotatable bonds is 3. The molecule has 0 fully saturated rings. The van der Waals surface area contributed by atoms with E-state index in [4.69, 9.17) is 4.98 Å². The highest BCUT2D eigenvalue weighted by Gasteiger charge is 2.26. The average molecular weight is 688 g/mol. The second kappa shape index (κ2) is 11.7. The minimum atomic E-state index is 0.678.